The van der Waals surface area contributed by atoms with Gasteiger partial charge in [-0.05, 0) is 63.1 Å². The molecular weight excluding hydrogens is 272 g/mol. The third-order valence-corrected chi connectivity index (χ3v) is 6.77. The molecule has 0 radical (unpaired) electrons. The van der Waals surface area contributed by atoms with Gasteiger partial charge in [0.05, 0.1) is 0 Å². The van der Waals surface area contributed by atoms with Gasteiger partial charge in [0, 0.05) is 10.5 Å². The van der Waals surface area contributed by atoms with Crippen molar-refractivity contribution < 1.29 is 0 Å². The molecule has 0 bridgehead atoms. The monoisotopic (exact) mass is 286 g/mol. The first kappa shape index (κ1) is 10.9. The van der Waals surface area contributed by atoms with Gasteiger partial charge < -0.3 is 0 Å². The van der Waals surface area contributed by atoms with Crippen LogP contribution in [0.25, 0.3) is 33.0 Å². The Bertz CT molecular complexity index is 933. The average Bonchev–Trinajstić information content (AvgIpc) is 3.27. The summed E-state index contributed by atoms with van der Waals surface area (Å²) < 4.78 is 0. The summed E-state index contributed by atoms with van der Waals surface area (Å²) in [5.74, 6) is 0. The lowest BCUT2D eigenvalue weighted by Gasteiger charge is -2.16. The first-order chi connectivity index (χ1) is 10.4. The van der Waals surface area contributed by atoms with E-state index in [0.29, 0.717) is 0 Å². The summed E-state index contributed by atoms with van der Waals surface area (Å²) in [6, 6.07) is 18.5. The van der Waals surface area contributed by atoms with Crippen molar-refractivity contribution in [2.24, 2.45) is 0 Å². The molecule has 1 heterocycles. The van der Waals surface area contributed by atoms with Crippen molar-refractivity contribution in [1.82, 2.24) is 0 Å². The third-order valence-electron chi connectivity index (χ3n) is 5.35. The topological polar surface area (TPSA) is 0 Å². The van der Waals surface area contributed by atoms with Crippen LogP contribution >= 0.6 is 11.8 Å². The number of benzene rings is 3. The molecule has 1 heteroatoms. The van der Waals surface area contributed by atoms with Crippen LogP contribution in [0.4, 0.5) is 0 Å². The molecule has 0 spiro atoms. The fourth-order valence-corrected chi connectivity index (χ4v) is 5.50. The van der Waals surface area contributed by atoms with Crippen LogP contribution < -0.4 is 0 Å². The van der Waals surface area contributed by atoms with Crippen LogP contribution in [-0.2, 0) is 6.42 Å². The molecule has 0 N–H and O–H groups in total. The van der Waals surface area contributed by atoms with E-state index in [-0.39, 0.29) is 0 Å². The highest BCUT2D eigenvalue weighted by Crippen LogP contribution is 2.62. The molecule has 0 amide bonds. The fraction of sp³-hybridized carbons (Fsp3) is 0.200. The Balaban J connectivity index is 1.74. The van der Waals surface area contributed by atoms with Crippen LogP contribution in [0, 0.1) is 0 Å². The van der Waals surface area contributed by atoms with Crippen molar-refractivity contribution in [2.75, 3.05) is 0 Å². The molecule has 3 aromatic rings. The summed E-state index contributed by atoms with van der Waals surface area (Å²) in [5.41, 5.74) is 9.03. The first-order valence-corrected chi connectivity index (χ1v) is 8.69. The van der Waals surface area contributed by atoms with Crippen molar-refractivity contribution >= 4 is 22.5 Å². The maximum absolute atomic E-state index is 2.51. The molecule has 0 saturated carbocycles. The minimum atomic E-state index is 0.793. The second-order valence-corrected chi connectivity index (χ2v) is 7.83. The Hall–Kier alpha value is -1.73. The van der Waals surface area contributed by atoms with Gasteiger partial charge in [0.25, 0.3) is 0 Å². The Morgan fingerprint density at radius 3 is 2.43 bits per heavy atom. The van der Waals surface area contributed by atoms with Crippen LogP contribution in [0.3, 0.4) is 0 Å². The van der Waals surface area contributed by atoms with Gasteiger partial charge in [-0.25, -0.2) is 0 Å². The number of fused-ring (bicyclic) bond motifs is 6. The van der Waals surface area contributed by atoms with E-state index >= 15 is 0 Å². The maximum Gasteiger partial charge on any atom is 0.0422 e. The van der Waals surface area contributed by atoms with Crippen molar-refractivity contribution in [3.05, 3.63) is 59.7 Å². The van der Waals surface area contributed by atoms with Crippen LogP contribution in [-0.4, -0.2) is 5.25 Å². The zero-order valence-corrected chi connectivity index (χ0v) is 12.4. The normalized spacial score (nSPS) is 23.6. The van der Waals surface area contributed by atoms with Crippen molar-refractivity contribution in [3.63, 3.8) is 0 Å². The smallest absolute Gasteiger partial charge is 0.0422 e. The fourth-order valence-electron chi connectivity index (χ4n) is 4.31. The highest BCUT2D eigenvalue weighted by Gasteiger charge is 2.44. The Morgan fingerprint density at radius 2 is 1.62 bits per heavy atom. The molecule has 6 rings (SSSR count). The summed E-state index contributed by atoms with van der Waals surface area (Å²) in [5, 5.41) is 4.53. The zero-order chi connectivity index (χ0) is 13.6. The Labute approximate surface area is 128 Å². The lowest BCUT2D eigenvalue weighted by molar-refractivity contribution is 0.754. The second-order valence-electron chi connectivity index (χ2n) is 6.44. The van der Waals surface area contributed by atoms with Gasteiger partial charge in [-0.3, -0.25) is 0 Å². The number of rotatable bonds is 0. The molecule has 0 aromatic heterocycles. The summed E-state index contributed by atoms with van der Waals surface area (Å²) in [6.45, 7) is 0. The van der Waals surface area contributed by atoms with Gasteiger partial charge in [-0.15, -0.1) is 11.8 Å². The van der Waals surface area contributed by atoms with E-state index < -0.39 is 0 Å². The molecule has 1 aliphatic heterocycles. The zero-order valence-electron chi connectivity index (χ0n) is 11.6. The maximum atomic E-state index is 2.51. The summed E-state index contributed by atoms with van der Waals surface area (Å²) >= 11 is 2.16. The molecule has 0 nitrogen and oxygen atoms in total. The van der Waals surface area contributed by atoms with Crippen LogP contribution in [0.2, 0.25) is 0 Å². The van der Waals surface area contributed by atoms with E-state index in [1.807, 2.05) is 0 Å². The van der Waals surface area contributed by atoms with E-state index in [2.05, 4.69) is 60.3 Å². The minimum Gasteiger partial charge on any atom is -0.148 e. The highest BCUT2D eigenvalue weighted by molar-refractivity contribution is 8.07. The number of hydrogen-bond acceptors (Lipinski definition) is 1. The Kier molecular flexibility index (Phi) is 1.84. The van der Waals surface area contributed by atoms with Crippen molar-refractivity contribution in [3.8, 4) is 22.3 Å². The lowest BCUT2D eigenvalue weighted by Crippen LogP contribution is -2.04. The van der Waals surface area contributed by atoms with E-state index in [0.717, 1.165) is 10.5 Å². The molecule has 1 saturated heterocycles. The van der Waals surface area contributed by atoms with Gasteiger partial charge in [-0.2, -0.15) is 0 Å². The molecule has 3 aromatic carbocycles. The standard InChI is InChI=1S/C20H14S/c1-3-11-4-2-6-14-17-10-15-12(7-8-18-20(15)21-18)9-16(17)13(5-1)19(11)14/h1-6,9-10,18,20H,7-8H2. The molecule has 2 atom stereocenters. The lowest BCUT2D eigenvalue weighted by atomic mass is 9.87. The number of aryl methyl sites for hydroxylation is 1. The second kappa shape index (κ2) is 3.53. The van der Waals surface area contributed by atoms with E-state index in [4.69, 9.17) is 0 Å². The quantitative estimate of drug-likeness (QED) is 0.380. The van der Waals surface area contributed by atoms with E-state index in [9.17, 15) is 0 Å². The van der Waals surface area contributed by atoms with Gasteiger partial charge >= 0.3 is 0 Å². The van der Waals surface area contributed by atoms with Crippen molar-refractivity contribution in [2.45, 2.75) is 23.3 Å². The molecule has 3 aliphatic rings. The SMILES string of the molecule is c1cc2c3c(cccc3c1)-c1cc3c(cc1-2)CCC1SC31. The predicted octanol–water partition coefficient (Wildman–Crippen LogP) is 5.59. The van der Waals surface area contributed by atoms with Gasteiger partial charge in [0.15, 0.2) is 0 Å². The first-order valence-electron chi connectivity index (χ1n) is 7.75. The molecular formula is C20H14S. The van der Waals surface area contributed by atoms with Crippen LogP contribution in [0.1, 0.15) is 22.8 Å². The van der Waals surface area contributed by atoms with Gasteiger partial charge in [-0.1, -0.05) is 42.5 Å². The van der Waals surface area contributed by atoms with Gasteiger partial charge in [0.2, 0.25) is 0 Å². The highest BCUT2D eigenvalue weighted by atomic mass is 32.2. The summed E-state index contributed by atoms with van der Waals surface area (Å²) in [6.07, 6.45) is 2.64. The van der Waals surface area contributed by atoms with Crippen LogP contribution in [0.5, 0.6) is 0 Å². The largest absolute Gasteiger partial charge is 0.148 e. The van der Waals surface area contributed by atoms with E-state index in [1.165, 1.54) is 45.9 Å². The minimum absolute atomic E-state index is 0.793. The number of thioether (sulfide) groups is 1. The predicted molar refractivity (Wildman–Crippen MR) is 90.8 cm³/mol. The summed E-state index contributed by atoms with van der Waals surface area (Å²) in [4.78, 5) is 0. The number of hydrogen-bond donors (Lipinski definition) is 0. The third kappa shape index (κ3) is 1.29. The molecule has 2 aliphatic carbocycles. The van der Waals surface area contributed by atoms with E-state index in [1.54, 1.807) is 11.1 Å². The Morgan fingerprint density at radius 1 is 0.857 bits per heavy atom. The van der Waals surface area contributed by atoms with Crippen LogP contribution in [0.15, 0.2) is 48.5 Å². The summed E-state index contributed by atoms with van der Waals surface area (Å²) in [7, 11) is 0. The van der Waals surface area contributed by atoms with Crippen molar-refractivity contribution in [1.29, 1.82) is 0 Å². The van der Waals surface area contributed by atoms with Gasteiger partial charge in [0.1, 0.15) is 0 Å². The molecule has 2 unspecified atom stereocenters. The average molecular weight is 286 g/mol. The molecule has 21 heavy (non-hydrogen) atoms. The molecule has 1 fully saturated rings. The molecule has 100 valence electrons.